The molecule has 5 nitrogen and oxygen atoms in total. The van der Waals surface area contributed by atoms with Crippen LogP contribution in [0.3, 0.4) is 0 Å². The first-order valence-electron chi connectivity index (χ1n) is 6.85. The Bertz CT molecular complexity index is 636. The molecular weight excluding hydrogens is 299 g/mol. The molecule has 0 saturated carbocycles. The van der Waals surface area contributed by atoms with Crippen molar-refractivity contribution in [2.75, 3.05) is 19.7 Å². The number of rotatable bonds is 3. The number of alkyl halides is 3. The highest BCUT2D eigenvalue weighted by Crippen LogP contribution is 2.31. The quantitative estimate of drug-likeness (QED) is 0.942. The van der Waals surface area contributed by atoms with Gasteiger partial charge in [0.2, 0.25) is 11.7 Å². The number of ether oxygens (including phenoxy) is 1. The second kappa shape index (κ2) is 6.05. The minimum Gasteiger partial charge on any atom is -0.375 e. The molecule has 1 unspecified atom stereocenters. The zero-order chi connectivity index (χ0) is 15.6. The molecule has 2 aromatic rings. The van der Waals surface area contributed by atoms with E-state index in [0.717, 1.165) is 18.7 Å². The highest BCUT2D eigenvalue weighted by Gasteiger charge is 2.30. The van der Waals surface area contributed by atoms with E-state index in [-0.39, 0.29) is 17.5 Å². The lowest BCUT2D eigenvalue weighted by molar-refractivity contribution is -0.137. The van der Waals surface area contributed by atoms with Crippen molar-refractivity contribution in [2.45, 2.75) is 18.7 Å². The van der Waals surface area contributed by atoms with Crippen LogP contribution in [0.5, 0.6) is 0 Å². The third-order valence-electron chi connectivity index (χ3n) is 3.32. The topological polar surface area (TPSA) is 60.2 Å². The molecule has 8 heteroatoms. The first kappa shape index (κ1) is 15.0. The highest BCUT2D eigenvalue weighted by molar-refractivity contribution is 5.55. The van der Waals surface area contributed by atoms with Gasteiger partial charge in [0, 0.05) is 18.7 Å². The monoisotopic (exact) mass is 313 g/mol. The number of benzene rings is 1. The number of nitrogens with zero attached hydrogens (tertiary/aromatic N) is 2. The lowest BCUT2D eigenvalue weighted by Crippen LogP contribution is -2.39. The van der Waals surface area contributed by atoms with Gasteiger partial charge in [-0.15, -0.1) is 0 Å². The molecule has 1 aliphatic rings. The van der Waals surface area contributed by atoms with Crippen LogP contribution < -0.4 is 5.32 Å². The van der Waals surface area contributed by atoms with Crippen LogP contribution in [0.15, 0.2) is 28.8 Å². The third kappa shape index (κ3) is 3.45. The summed E-state index contributed by atoms with van der Waals surface area (Å²) in [4.78, 5) is 4.14. The van der Waals surface area contributed by atoms with E-state index in [1.807, 2.05) is 0 Å². The molecule has 22 heavy (non-hydrogen) atoms. The van der Waals surface area contributed by atoms with Crippen molar-refractivity contribution >= 4 is 0 Å². The summed E-state index contributed by atoms with van der Waals surface area (Å²) in [5.74, 6) is 0.492. The van der Waals surface area contributed by atoms with E-state index >= 15 is 0 Å². The Labute approximate surface area is 124 Å². The molecule has 1 aromatic heterocycles. The van der Waals surface area contributed by atoms with E-state index in [4.69, 9.17) is 9.26 Å². The van der Waals surface area contributed by atoms with E-state index in [9.17, 15) is 13.2 Å². The lowest BCUT2D eigenvalue weighted by atomic mass is 10.1. The maximum atomic E-state index is 12.7. The molecule has 1 fully saturated rings. The number of aromatic nitrogens is 2. The molecule has 3 rings (SSSR count). The Kier molecular flexibility index (Phi) is 4.12. The van der Waals surface area contributed by atoms with Gasteiger partial charge in [-0.25, -0.2) is 0 Å². The summed E-state index contributed by atoms with van der Waals surface area (Å²) < 4.78 is 48.7. The fraction of sp³-hybridized carbons (Fsp3) is 0.429. The minimum absolute atomic E-state index is 0.0661. The third-order valence-corrected chi connectivity index (χ3v) is 3.32. The zero-order valence-corrected chi connectivity index (χ0v) is 11.6. The van der Waals surface area contributed by atoms with Gasteiger partial charge in [-0.2, -0.15) is 18.2 Å². The molecule has 1 atom stereocenters. The molecule has 118 valence electrons. The first-order chi connectivity index (χ1) is 10.5. The number of hydrogen-bond acceptors (Lipinski definition) is 5. The second-order valence-corrected chi connectivity index (χ2v) is 4.99. The molecule has 0 amide bonds. The summed E-state index contributed by atoms with van der Waals surface area (Å²) in [6, 6.07) is 4.85. The van der Waals surface area contributed by atoms with Crippen LogP contribution in [0.4, 0.5) is 13.2 Å². The molecule has 0 spiro atoms. The maximum Gasteiger partial charge on any atom is 0.416 e. The van der Waals surface area contributed by atoms with Gasteiger partial charge in [-0.05, 0) is 12.1 Å². The van der Waals surface area contributed by atoms with E-state index in [2.05, 4.69) is 15.5 Å². The molecule has 1 saturated heterocycles. The van der Waals surface area contributed by atoms with Gasteiger partial charge in [0.15, 0.2) is 0 Å². The number of nitrogens with one attached hydrogen (secondary N) is 1. The molecule has 1 aromatic carbocycles. The predicted molar refractivity (Wildman–Crippen MR) is 71.0 cm³/mol. The van der Waals surface area contributed by atoms with Crippen molar-refractivity contribution in [2.24, 2.45) is 0 Å². The van der Waals surface area contributed by atoms with Gasteiger partial charge in [0.25, 0.3) is 0 Å². The van der Waals surface area contributed by atoms with Gasteiger partial charge < -0.3 is 14.6 Å². The Morgan fingerprint density at radius 2 is 2.18 bits per heavy atom. The van der Waals surface area contributed by atoms with E-state index in [0.29, 0.717) is 25.5 Å². The van der Waals surface area contributed by atoms with E-state index in [1.54, 1.807) is 0 Å². The van der Waals surface area contributed by atoms with Crippen LogP contribution in [-0.4, -0.2) is 35.9 Å². The minimum atomic E-state index is -4.40. The normalized spacial score (nSPS) is 19.3. The fourth-order valence-corrected chi connectivity index (χ4v) is 2.24. The van der Waals surface area contributed by atoms with Crippen molar-refractivity contribution in [3.63, 3.8) is 0 Å². The fourth-order valence-electron chi connectivity index (χ4n) is 2.24. The maximum absolute atomic E-state index is 12.7. The Hall–Kier alpha value is -1.93. The van der Waals surface area contributed by atoms with Crippen molar-refractivity contribution in [1.29, 1.82) is 0 Å². The first-order valence-corrected chi connectivity index (χ1v) is 6.85. The van der Waals surface area contributed by atoms with E-state index < -0.39 is 11.7 Å². The van der Waals surface area contributed by atoms with Gasteiger partial charge in [0.05, 0.1) is 24.7 Å². The van der Waals surface area contributed by atoms with Gasteiger partial charge in [0.1, 0.15) is 0 Å². The molecule has 1 aliphatic heterocycles. The van der Waals surface area contributed by atoms with Crippen molar-refractivity contribution in [3.8, 4) is 11.4 Å². The summed E-state index contributed by atoms with van der Waals surface area (Å²) in [5.41, 5.74) is -0.469. The Morgan fingerprint density at radius 1 is 1.32 bits per heavy atom. The zero-order valence-electron chi connectivity index (χ0n) is 11.6. The van der Waals surface area contributed by atoms with Crippen LogP contribution in [-0.2, 0) is 17.3 Å². The standard InChI is InChI=1S/C14H14F3N3O2/c15-14(16,17)10-3-1-2-9(6-10)13-19-12(22-20-13)7-11-8-18-4-5-21-11/h1-3,6,11,18H,4-5,7-8H2. The van der Waals surface area contributed by atoms with E-state index in [1.165, 1.54) is 12.1 Å². The highest BCUT2D eigenvalue weighted by atomic mass is 19.4. The Balaban J connectivity index is 1.75. The van der Waals surface area contributed by atoms with Crippen LogP contribution in [0, 0.1) is 0 Å². The van der Waals surface area contributed by atoms with Crippen molar-refractivity contribution in [1.82, 2.24) is 15.5 Å². The largest absolute Gasteiger partial charge is 0.416 e. The van der Waals surface area contributed by atoms with Crippen LogP contribution in [0.2, 0.25) is 0 Å². The molecule has 1 N–H and O–H groups in total. The molecule has 0 bridgehead atoms. The van der Waals surface area contributed by atoms with Crippen LogP contribution >= 0.6 is 0 Å². The summed E-state index contributed by atoms with van der Waals surface area (Å²) in [6.07, 6.45) is -4.04. The number of morpholine rings is 1. The lowest BCUT2D eigenvalue weighted by Gasteiger charge is -2.21. The molecule has 0 aliphatic carbocycles. The summed E-state index contributed by atoms with van der Waals surface area (Å²) in [6.45, 7) is 2.09. The SMILES string of the molecule is FC(F)(F)c1cccc(-c2noc(CC3CNCCO3)n2)c1. The second-order valence-electron chi connectivity index (χ2n) is 4.99. The molecule has 0 radical (unpaired) electrons. The van der Waals surface area contributed by atoms with Gasteiger partial charge in [-0.3, -0.25) is 0 Å². The Morgan fingerprint density at radius 3 is 2.91 bits per heavy atom. The molecule has 2 heterocycles. The number of hydrogen-bond donors (Lipinski definition) is 1. The van der Waals surface area contributed by atoms with Gasteiger partial charge >= 0.3 is 6.18 Å². The summed E-state index contributed by atoms with van der Waals surface area (Å²) in [7, 11) is 0. The van der Waals surface area contributed by atoms with Crippen molar-refractivity contribution in [3.05, 3.63) is 35.7 Å². The average Bonchev–Trinajstić information content (AvgIpc) is 2.96. The predicted octanol–water partition coefficient (Wildman–Crippen LogP) is 2.29. The summed E-state index contributed by atoms with van der Waals surface area (Å²) >= 11 is 0. The van der Waals surface area contributed by atoms with Crippen LogP contribution in [0.25, 0.3) is 11.4 Å². The molecular formula is C14H14F3N3O2. The van der Waals surface area contributed by atoms with Crippen molar-refractivity contribution < 1.29 is 22.4 Å². The average molecular weight is 313 g/mol. The van der Waals surface area contributed by atoms with Gasteiger partial charge in [-0.1, -0.05) is 17.3 Å². The summed E-state index contributed by atoms with van der Waals surface area (Å²) in [5, 5.41) is 6.92. The number of halogens is 3. The van der Waals surface area contributed by atoms with Crippen LogP contribution in [0.1, 0.15) is 11.5 Å². The smallest absolute Gasteiger partial charge is 0.375 e.